The number of pyridine rings is 1. The molecule has 1 saturated carbocycles. The van der Waals surface area contributed by atoms with Crippen molar-refractivity contribution in [2.24, 2.45) is 5.92 Å². The van der Waals surface area contributed by atoms with Crippen molar-refractivity contribution in [2.75, 3.05) is 13.1 Å². The Morgan fingerprint density at radius 3 is 2.96 bits per heavy atom. The summed E-state index contributed by atoms with van der Waals surface area (Å²) in [7, 11) is 0. The molecule has 144 valence electrons. The highest BCUT2D eigenvalue weighted by atomic mass is 16.2. The van der Waals surface area contributed by atoms with Gasteiger partial charge in [-0.05, 0) is 56.7 Å². The molecule has 1 aliphatic heterocycles. The number of aryl methyl sites for hydroxylation is 1. The Kier molecular flexibility index (Phi) is 4.34. The zero-order chi connectivity index (χ0) is 19.1. The molecule has 0 spiro atoms. The van der Waals surface area contributed by atoms with Gasteiger partial charge in [0.05, 0.1) is 16.8 Å². The van der Waals surface area contributed by atoms with E-state index in [4.69, 9.17) is 0 Å². The third-order valence-electron chi connectivity index (χ3n) is 5.93. The molecule has 0 bridgehead atoms. The summed E-state index contributed by atoms with van der Waals surface area (Å²) in [6.07, 6.45) is 8.47. The minimum absolute atomic E-state index is 0.111. The first-order chi connectivity index (χ1) is 13.7. The normalized spacial score (nSPS) is 19.9. The van der Waals surface area contributed by atoms with Crippen molar-refractivity contribution in [3.8, 4) is 0 Å². The van der Waals surface area contributed by atoms with Crippen molar-refractivity contribution in [2.45, 2.75) is 45.1 Å². The van der Waals surface area contributed by atoms with E-state index in [1.807, 2.05) is 34.7 Å². The number of rotatable bonds is 4. The van der Waals surface area contributed by atoms with Crippen molar-refractivity contribution in [1.29, 1.82) is 0 Å². The minimum Gasteiger partial charge on any atom is -0.338 e. The van der Waals surface area contributed by atoms with Crippen molar-refractivity contribution in [3.63, 3.8) is 0 Å². The van der Waals surface area contributed by atoms with Crippen LogP contribution in [0.15, 0.2) is 36.7 Å². The maximum absolute atomic E-state index is 13.3. The second kappa shape index (κ2) is 7.00. The molecule has 1 saturated heterocycles. The Morgan fingerprint density at radius 1 is 1.21 bits per heavy atom. The second-order valence-corrected chi connectivity index (χ2v) is 8.28. The van der Waals surface area contributed by atoms with Gasteiger partial charge in [0.15, 0.2) is 0 Å². The van der Waals surface area contributed by atoms with E-state index in [0.29, 0.717) is 11.8 Å². The van der Waals surface area contributed by atoms with Crippen LogP contribution in [0.3, 0.4) is 0 Å². The fraction of sp³-hybridized carbons (Fsp3) is 0.455. The third kappa shape index (κ3) is 3.39. The first-order valence-corrected chi connectivity index (χ1v) is 10.2. The Bertz CT molecular complexity index is 1020. The van der Waals surface area contributed by atoms with Gasteiger partial charge < -0.3 is 4.90 Å². The zero-order valence-electron chi connectivity index (χ0n) is 16.2. The SMILES string of the molecule is Cc1ccc2nccc(C(=O)N3CCC[C@@H](Cn4cc(C5CC5)nn4)C3)c2c1. The topological polar surface area (TPSA) is 63.9 Å². The van der Waals surface area contributed by atoms with Gasteiger partial charge in [-0.2, -0.15) is 0 Å². The quantitative estimate of drug-likeness (QED) is 0.699. The average Bonchev–Trinajstić information content (AvgIpc) is 3.46. The minimum atomic E-state index is 0.111. The third-order valence-corrected chi connectivity index (χ3v) is 5.93. The van der Waals surface area contributed by atoms with Crippen LogP contribution in [0.1, 0.15) is 53.2 Å². The predicted molar refractivity (Wildman–Crippen MR) is 107 cm³/mol. The summed E-state index contributed by atoms with van der Waals surface area (Å²) in [5.41, 5.74) is 3.90. The van der Waals surface area contributed by atoms with E-state index in [2.05, 4.69) is 27.6 Å². The highest BCUT2D eigenvalue weighted by Gasteiger charge is 2.28. The van der Waals surface area contributed by atoms with E-state index in [1.165, 1.54) is 12.8 Å². The van der Waals surface area contributed by atoms with Crippen LogP contribution in [0.5, 0.6) is 0 Å². The van der Waals surface area contributed by atoms with Crippen molar-refractivity contribution >= 4 is 16.8 Å². The molecule has 2 aromatic heterocycles. The molecule has 0 unspecified atom stereocenters. The van der Waals surface area contributed by atoms with Crippen LogP contribution in [-0.2, 0) is 6.54 Å². The Morgan fingerprint density at radius 2 is 2.11 bits per heavy atom. The Balaban J connectivity index is 1.33. The summed E-state index contributed by atoms with van der Waals surface area (Å²) in [5, 5.41) is 9.56. The van der Waals surface area contributed by atoms with E-state index >= 15 is 0 Å². The smallest absolute Gasteiger partial charge is 0.254 e. The molecule has 2 fully saturated rings. The van der Waals surface area contributed by atoms with Gasteiger partial charge in [-0.3, -0.25) is 14.5 Å². The molecule has 3 heterocycles. The number of fused-ring (bicyclic) bond motifs is 1. The predicted octanol–water partition coefficient (Wildman–Crippen LogP) is 3.56. The number of hydrogen-bond donors (Lipinski definition) is 0. The number of carbonyl (C=O) groups is 1. The van der Waals surface area contributed by atoms with Gasteiger partial charge in [0, 0.05) is 43.3 Å². The number of nitrogens with zero attached hydrogens (tertiary/aromatic N) is 5. The lowest BCUT2D eigenvalue weighted by Gasteiger charge is -2.33. The second-order valence-electron chi connectivity index (χ2n) is 8.28. The van der Waals surface area contributed by atoms with Crippen LogP contribution >= 0.6 is 0 Å². The monoisotopic (exact) mass is 375 g/mol. The largest absolute Gasteiger partial charge is 0.338 e. The first kappa shape index (κ1) is 17.3. The van der Waals surface area contributed by atoms with Crippen LogP contribution in [-0.4, -0.2) is 43.9 Å². The van der Waals surface area contributed by atoms with Crippen LogP contribution in [0.4, 0.5) is 0 Å². The molecule has 1 aliphatic carbocycles. The molecule has 6 nitrogen and oxygen atoms in total. The summed E-state index contributed by atoms with van der Waals surface area (Å²) in [5.74, 6) is 1.16. The van der Waals surface area contributed by atoms with Crippen molar-refractivity contribution in [3.05, 3.63) is 53.5 Å². The van der Waals surface area contributed by atoms with Crippen molar-refractivity contribution < 1.29 is 4.79 Å². The van der Waals surface area contributed by atoms with Gasteiger partial charge in [0.25, 0.3) is 5.91 Å². The molecule has 1 amide bonds. The number of piperidine rings is 1. The van der Waals surface area contributed by atoms with Gasteiger partial charge in [-0.15, -0.1) is 5.10 Å². The van der Waals surface area contributed by atoms with E-state index in [0.717, 1.165) is 60.2 Å². The molecule has 0 N–H and O–H groups in total. The number of amides is 1. The van der Waals surface area contributed by atoms with E-state index in [1.54, 1.807) is 6.20 Å². The lowest BCUT2D eigenvalue weighted by molar-refractivity contribution is 0.0661. The van der Waals surface area contributed by atoms with Crippen LogP contribution in [0.25, 0.3) is 10.9 Å². The number of likely N-dealkylation sites (tertiary alicyclic amines) is 1. The van der Waals surface area contributed by atoms with Gasteiger partial charge in [-0.1, -0.05) is 16.8 Å². The molecule has 5 rings (SSSR count). The first-order valence-electron chi connectivity index (χ1n) is 10.2. The maximum Gasteiger partial charge on any atom is 0.254 e. The molecular formula is C22H25N5O. The number of benzene rings is 1. The lowest BCUT2D eigenvalue weighted by Crippen LogP contribution is -2.41. The fourth-order valence-electron chi connectivity index (χ4n) is 4.25. The summed E-state index contributed by atoms with van der Waals surface area (Å²) in [4.78, 5) is 19.7. The molecule has 0 radical (unpaired) electrons. The van der Waals surface area contributed by atoms with Gasteiger partial charge in [0.1, 0.15) is 0 Å². The highest BCUT2D eigenvalue weighted by molar-refractivity contribution is 6.06. The fourth-order valence-corrected chi connectivity index (χ4v) is 4.25. The van der Waals surface area contributed by atoms with Crippen LogP contribution in [0, 0.1) is 12.8 Å². The molecule has 2 aliphatic rings. The maximum atomic E-state index is 13.3. The summed E-state index contributed by atoms with van der Waals surface area (Å²) < 4.78 is 1.97. The van der Waals surface area contributed by atoms with Crippen LogP contribution < -0.4 is 0 Å². The van der Waals surface area contributed by atoms with Gasteiger partial charge in [-0.25, -0.2) is 0 Å². The Labute approximate surface area is 164 Å². The molecule has 3 aromatic rings. The zero-order valence-corrected chi connectivity index (χ0v) is 16.2. The highest BCUT2D eigenvalue weighted by Crippen LogP contribution is 2.38. The summed E-state index contributed by atoms with van der Waals surface area (Å²) in [6, 6.07) is 7.94. The van der Waals surface area contributed by atoms with Crippen molar-refractivity contribution in [1.82, 2.24) is 24.9 Å². The van der Waals surface area contributed by atoms with E-state index < -0.39 is 0 Å². The molecular weight excluding hydrogens is 350 g/mol. The number of aromatic nitrogens is 4. The molecule has 6 heteroatoms. The van der Waals surface area contributed by atoms with E-state index in [9.17, 15) is 4.79 Å². The summed E-state index contributed by atoms with van der Waals surface area (Å²) >= 11 is 0. The number of hydrogen-bond acceptors (Lipinski definition) is 4. The lowest BCUT2D eigenvalue weighted by atomic mass is 9.96. The van der Waals surface area contributed by atoms with Crippen LogP contribution in [0.2, 0.25) is 0 Å². The average molecular weight is 375 g/mol. The standard InChI is InChI=1S/C22H25N5O/c1-15-4-7-20-19(11-15)18(8-9-23-20)22(28)26-10-2-3-16(12-26)13-27-14-21(24-25-27)17-5-6-17/h4,7-9,11,14,16-17H,2-3,5-6,10,12-13H2,1H3/t16-/m1/s1. The van der Waals surface area contributed by atoms with Gasteiger partial charge >= 0.3 is 0 Å². The van der Waals surface area contributed by atoms with Gasteiger partial charge in [0.2, 0.25) is 0 Å². The Hall–Kier alpha value is -2.76. The summed E-state index contributed by atoms with van der Waals surface area (Å²) in [6.45, 7) is 4.47. The molecule has 1 atom stereocenters. The van der Waals surface area contributed by atoms with E-state index in [-0.39, 0.29) is 5.91 Å². The molecule has 1 aromatic carbocycles. The number of carbonyl (C=O) groups excluding carboxylic acids is 1. The molecule has 28 heavy (non-hydrogen) atoms.